The lowest BCUT2D eigenvalue weighted by molar-refractivity contribution is 0.354. The summed E-state index contributed by atoms with van der Waals surface area (Å²) >= 11 is 0. The summed E-state index contributed by atoms with van der Waals surface area (Å²) in [5.41, 5.74) is 2.10. The molecule has 0 aliphatic carbocycles. The van der Waals surface area contributed by atoms with Crippen LogP contribution in [0.1, 0.15) is 22.8 Å². The van der Waals surface area contributed by atoms with Gasteiger partial charge in [0.2, 0.25) is 0 Å². The summed E-state index contributed by atoms with van der Waals surface area (Å²) in [7, 11) is 3.23. The second-order valence-corrected chi connectivity index (χ2v) is 5.16. The van der Waals surface area contributed by atoms with Crippen molar-refractivity contribution in [1.82, 2.24) is 10.1 Å². The van der Waals surface area contributed by atoms with Crippen molar-refractivity contribution in [3.8, 4) is 11.5 Å². The first-order valence-electron chi connectivity index (χ1n) is 7.55. The van der Waals surface area contributed by atoms with E-state index in [1.165, 1.54) is 0 Å². The average Bonchev–Trinajstić information content (AvgIpc) is 3.08. The molecule has 0 radical (unpaired) electrons. The van der Waals surface area contributed by atoms with Crippen molar-refractivity contribution in [2.75, 3.05) is 14.2 Å². The van der Waals surface area contributed by atoms with Crippen LogP contribution < -0.4 is 9.47 Å². The van der Waals surface area contributed by atoms with E-state index in [0.29, 0.717) is 29.6 Å². The maximum Gasteiger partial charge on any atom is 0.250 e. The van der Waals surface area contributed by atoms with Crippen molar-refractivity contribution in [3.63, 3.8) is 0 Å². The zero-order valence-electron chi connectivity index (χ0n) is 13.6. The van der Waals surface area contributed by atoms with Gasteiger partial charge in [0.15, 0.2) is 17.3 Å². The number of hydrogen-bond acceptors (Lipinski definition) is 5. The first kappa shape index (κ1) is 15.8. The van der Waals surface area contributed by atoms with E-state index in [9.17, 15) is 0 Å². The van der Waals surface area contributed by atoms with E-state index in [2.05, 4.69) is 10.1 Å². The lowest BCUT2D eigenvalue weighted by atomic mass is 10.1. The van der Waals surface area contributed by atoms with E-state index in [1.54, 1.807) is 20.3 Å². The highest BCUT2D eigenvalue weighted by molar-refractivity contribution is 5.65. The molecule has 0 N–H and O–H groups in total. The minimum Gasteiger partial charge on any atom is -0.493 e. The van der Waals surface area contributed by atoms with E-state index in [4.69, 9.17) is 14.0 Å². The molecule has 0 unspecified atom stereocenters. The van der Waals surface area contributed by atoms with Crippen molar-refractivity contribution in [2.45, 2.75) is 6.42 Å². The Hall–Kier alpha value is -3.08. The fourth-order valence-electron chi connectivity index (χ4n) is 2.31. The van der Waals surface area contributed by atoms with Crippen LogP contribution in [-0.2, 0) is 6.42 Å². The quantitative estimate of drug-likeness (QED) is 0.690. The van der Waals surface area contributed by atoms with Gasteiger partial charge in [0.05, 0.1) is 14.2 Å². The standard InChI is InChI=1S/C19H18N2O3/c1-22-16-10-8-15(12-17(16)23-2)13-18-20-19(24-21-18)11-9-14-6-4-3-5-7-14/h3-12H,13H2,1-2H3. The van der Waals surface area contributed by atoms with Gasteiger partial charge in [0.1, 0.15) is 0 Å². The Bertz CT molecular complexity index is 826. The maximum atomic E-state index is 5.31. The van der Waals surface area contributed by atoms with Crippen molar-refractivity contribution in [3.05, 3.63) is 71.4 Å². The smallest absolute Gasteiger partial charge is 0.250 e. The minimum atomic E-state index is 0.481. The minimum absolute atomic E-state index is 0.481. The second-order valence-electron chi connectivity index (χ2n) is 5.16. The number of rotatable bonds is 6. The van der Waals surface area contributed by atoms with Crippen molar-refractivity contribution in [1.29, 1.82) is 0 Å². The van der Waals surface area contributed by atoms with E-state index in [-0.39, 0.29) is 0 Å². The highest BCUT2D eigenvalue weighted by Crippen LogP contribution is 2.28. The average molecular weight is 322 g/mol. The van der Waals surface area contributed by atoms with Gasteiger partial charge in [-0.25, -0.2) is 0 Å². The molecule has 122 valence electrons. The van der Waals surface area contributed by atoms with Crippen molar-refractivity contribution < 1.29 is 14.0 Å². The largest absolute Gasteiger partial charge is 0.493 e. The third-order valence-electron chi connectivity index (χ3n) is 3.51. The predicted octanol–water partition coefficient (Wildman–Crippen LogP) is 3.85. The maximum absolute atomic E-state index is 5.31. The molecule has 0 saturated carbocycles. The van der Waals surface area contributed by atoms with Gasteiger partial charge in [0, 0.05) is 12.5 Å². The molecule has 5 heteroatoms. The van der Waals surface area contributed by atoms with Gasteiger partial charge in [0.25, 0.3) is 5.89 Å². The third-order valence-corrected chi connectivity index (χ3v) is 3.51. The Morgan fingerprint density at radius 1 is 0.958 bits per heavy atom. The summed E-state index contributed by atoms with van der Waals surface area (Å²) in [6, 6.07) is 15.7. The Morgan fingerprint density at radius 3 is 2.50 bits per heavy atom. The van der Waals surface area contributed by atoms with Crippen LogP contribution >= 0.6 is 0 Å². The predicted molar refractivity (Wildman–Crippen MR) is 92.0 cm³/mol. The van der Waals surface area contributed by atoms with Crippen LogP contribution in [0.4, 0.5) is 0 Å². The molecule has 0 amide bonds. The normalized spacial score (nSPS) is 10.9. The van der Waals surface area contributed by atoms with Gasteiger partial charge in [-0.2, -0.15) is 4.98 Å². The molecule has 3 rings (SSSR count). The molecule has 5 nitrogen and oxygen atoms in total. The fourth-order valence-corrected chi connectivity index (χ4v) is 2.31. The van der Waals surface area contributed by atoms with Gasteiger partial charge in [-0.3, -0.25) is 0 Å². The summed E-state index contributed by atoms with van der Waals surface area (Å²) in [6.45, 7) is 0. The number of ether oxygens (including phenoxy) is 2. The van der Waals surface area contributed by atoms with Gasteiger partial charge < -0.3 is 14.0 Å². The lowest BCUT2D eigenvalue weighted by Crippen LogP contribution is -1.95. The number of benzene rings is 2. The zero-order valence-corrected chi connectivity index (χ0v) is 13.6. The molecule has 0 saturated heterocycles. The van der Waals surface area contributed by atoms with Crippen LogP contribution in [-0.4, -0.2) is 24.4 Å². The number of aromatic nitrogens is 2. The summed E-state index contributed by atoms with van der Waals surface area (Å²) in [4.78, 5) is 4.38. The fraction of sp³-hybridized carbons (Fsp3) is 0.158. The third kappa shape index (κ3) is 3.81. The van der Waals surface area contributed by atoms with Gasteiger partial charge in [-0.1, -0.05) is 41.6 Å². The molecular weight excluding hydrogens is 304 g/mol. The SMILES string of the molecule is COc1ccc(Cc2noc(C=Cc3ccccc3)n2)cc1OC. The Morgan fingerprint density at radius 2 is 1.75 bits per heavy atom. The molecule has 0 aliphatic rings. The number of nitrogens with zero attached hydrogens (tertiary/aromatic N) is 2. The topological polar surface area (TPSA) is 57.4 Å². The van der Waals surface area contributed by atoms with Crippen molar-refractivity contribution in [2.24, 2.45) is 0 Å². The number of methoxy groups -OCH3 is 2. The first-order chi connectivity index (χ1) is 11.8. The lowest BCUT2D eigenvalue weighted by Gasteiger charge is -2.08. The van der Waals surface area contributed by atoms with Crippen LogP contribution in [0.2, 0.25) is 0 Å². The number of hydrogen-bond donors (Lipinski definition) is 0. The first-order valence-corrected chi connectivity index (χ1v) is 7.55. The van der Waals surface area contributed by atoms with Gasteiger partial charge >= 0.3 is 0 Å². The Balaban J connectivity index is 1.71. The van der Waals surface area contributed by atoms with Crippen LogP contribution in [0.25, 0.3) is 12.2 Å². The van der Waals surface area contributed by atoms with E-state index in [1.807, 2.05) is 54.6 Å². The second kappa shape index (κ2) is 7.46. The summed E-state index contributed by atoms with van der Waals surface area (Å²) < 4.78 is 15.8. The Labute approximate surface area is 140 Å². The molecule has 2 aromatic carbocycles. The molecule has 24 heavy (non-hydrogen) atoms. The molecule has 1 aromatic heterocycles. The molecule has 0 spiro atoms. The van der Waals surface area contributed by atoms with E-state index in [0.717, 1.165) is 11.1 Å². The van der Waals surface area contributed by atoms with Crippen LogP contribution in [0, 0.1) is 0 Å². The highest BCUT2D eigenvalue weighted by atomic mass is 16.5. The molecule has 0 atom stereocenters. The van der Waals surface area contributed by atoms with E-state index < -0.39 is 0 Å². The zero-order chi connectivity index (χ0) is 16.8. The van der Waals surface area contributed by atoms with Crippen molar-refractivity contribution >= 4 is 12.2 Å². The van der Waals surface area contributed by atoms with Crippen LogP contribution in [0.5, 0.6) is 11.5 Å². The molecule has 0 bridgehead atoms. The molecule has 3 aromatic rings. The van der Waals surface area contributed by atoms with Crippen LogP contribution in [0.15, 0.2) is 53.1 Å². The van der Waals surface area contributed by atoms with E-state index >= 15 is 0 Å². The molecule has 1 heterocycles. The molecular formula is C19H18N2O3. The molecule has 0 fully saturated rings. The Kier molecular flexibility index (Phi) is 4.91. The monoisotopic (exact) mass is 322 g/mol. The summed E-state index contributed by atoms with van der Waals surface area (Å²) in [5.74, 6) is 2.48. The van der Waals surface area contributed by atoms with Crippen LogP contribution in [0.3, 0.4) is 0 Å². The van der Waals surface area contributed by atoms with Gasteiger partial charge in [-0.15, -0.1) is 0 Å². The highest BCUT2D eigenvalue weighted by Gasteiger charge is 2.08. The molecule has 0 aliphatic heterocycles. The summed E-state index contributed by atoms with van der Waals surface area (Å²) in [6.07, 6.45) is 4.30. The summed E-state index contributed by atoms with van der Waals surface area (Å²) in [5, 5.41) is 4.01. The van der Waals surface area contributed by atoms with Gasteiger partial charge in [-0.05, 0) is 29.3 Å².